The van der Waals surface area contributed by atoms with Crippen LogP contribution in [0.2, 0.25) is 0 Å². The molecule has 0 aliphatic rings. The Balaban J connectivity index is 0. The summed E-state index contributed by atoms with van der Waals surface area (Å²) in [6, 6.07) is 0.0185. The van der Waals surface area contributed by atoms with Crippen LogP contribution >= 0.6 is 0 Å². The van der Waals surface area contributed by atoms with E-state index in [1.165, 1.54) is 9.80 Å². The Hall–Kier alpha value is -0.730. The first-order valence-corrected chi connectivity index (χ1v) is 2.44. The van der Waals surface area contributed by atoms with Crippen molar-refractivity contribution < 1.29 is 4.79 Å². The number of carbonyl (C=O) groups is 1. The summed E-state index contributed by atoms with van der Waals surface area (Å²) in [5, 5.41) is 0. The highest BCUT2D eigenvalue weighted by molar-refractivity contribution is 5.72. The summed E-state index contributed by atoms with van der Waals surface area (Å²) in [6.45, 7) is 0. The van der Waals surface area contributed by atoms with E-state index in [9.17, 15) is 4.79 Å². The van der Waals surface area contributed by atoms with Crippen molar-refractivity contribution in [1.29, 1.82) is 0 Å². The summed E-state index contributed by atoms with van der Waals surface area (Å²) in [5.41, 5.74) is 0. The lowest BCUT2D eigenvalue weighted by Crippen LogP contribution is -2.33. The highest BCUT2D eigenvalue weighted by Gasteiger charge is 2.02. The van der Waals surface area contributed by atoms with Crippen LogP contribution in [0.1, 0.15) is 7.43 Å². The zero-order chi connectivity index (χ0) is 6.73. The lowest BCUT2D eigenvalue weighted by atomic mass is 10.7. The van der Waals surface area contributed by atoms with E-state index in [-0.39, 0.29) is 13.5 Å². The van der Waals surface area contributed by atoms with Crippen molar-refractivity contribution in [3.8, 4) is 0 Å². The summed E-state index contributed by atoms with van der Waals surface area (Å²) >= 11 is 0. The zero-order valence-electron chi connectivity index (χ0n) is 5.80. The Bertz CT molecular complexity index is 79.1. The van der Waals surface area contributed by atoms with Gasteiger partial charge in [-0.15, -0.1) is 0 Å². The third-order valence-corrected chi connectivity index (χ3v) is 0.765. The van der Waals surface area contributed by atoms with Crippen LogP contribution in [0.15, 0.2) is 0 Å². The van der Waals surface area contributed by atoms with Gasteiger partial charge in [-0.3, -0.25) is 0 Å². The van der Waals surface area contributed by atoms with Gasteiger partial charge in [-0.1, -0.05) is 7.43 Å². The molecule has 0 aliphatic heterocycles. The summed E-state index contributed by atoms with van der Waals surface area (Å²) < 4.78 is 0. The number of hydrogen-bond donors (Lipinski definition) is 0. The maximum atomic E-state index is 10.7. The van der Waals surface area contributed by atoms with Crippen LogP contribution < -0.4 is 0 Å². The molecule has 0 aromatic carbocycles. The van der Waals surface area contributed by atoms with Gasteiger partial charge in [0, 0.05) is 28.2 Å². The van der Waals surface area contributed by atoms with Gasteiger partial charge < -0.3 is 9.80 Å². The highest BCUT2D eigenvalue weighted by Crippen LogP contribution is 1.83. The maximum Gasteiger partial charge on any atom is 0.318 e. The molecule has 56 valence electrons. The van der Waals surface area contributed by atoms with E-state index >= 15 is 0 Å². The minimum absolute atomic E-state index is 0. The number of rotatable bonds is 0. The Morgan fingerprint density at radius 2 is 1.22 bits per heavy atom. The number of amides is 2. The van der Waals surface area contributed by atoms with Crippen molar-refractivity contribution in [1.82, 2.24) is 9.80 Å². The average molecular weight is 132 g/mol. The lowest BCUT2D eigenvalue weighted by Gasteiger charge is -2.16. The van der Waals surface area contributed by atoms with Crippen molar-refractivity contribution in [2.75, 3.05) is 28.2 Å². The van der Waals surface area contributed by atoms with Gasteiger partial charge >= 0.3 is 6.03 Å². The van der Waals surface area contributed by atoms with E-state index in [4.69, 9.17) is 0 Å². The van der Waals surface area contributed by atoms with Gasteiger partial charge in [-0.2, -0.15) is 0 Å². The fraction of sp³-hybridized carbons (Fsp3) is 0.833. The van der Waals surface area contributed by atoms with Crippen LogP contribution in [-0.4, -0.2) is 44.0 Å². The van der Waals surface area contributed by atoms with E-state index in [2.05, 4.69) is 0 Å². The van der Waals surface area contributed by atoms with Gasteiger partial charge in [0.25, 0.3) is 0 Å². The molecule has 0 aliphatic carbocycles. The number of hydrogen-bond acceptors (Lipinski definition) is 1. The molecular formula is C6H16N2O. The van der Waals surface area contributed by atoms with E-state index in [1.807, 2.05) is 0 Å². The van der Waals surface area contributed by atoms with Crippen molar-refractivity contribution in [3.63, 3.8) is 0 Å². The van der Waals surface area contributed by atoms with Crippen molar-refractivity contribution in [2.45, 2.75) is 7.43 Å². The smallest absolute Gasteiger partial charge is 0.318 e. The van der Waals surface area contributed by atoms with Crippen LogP contribution in [0.3, 0.4) is 0 Å². The first-order chi connectivity index (χ1) is 3.55. The van der Waals surface area contributed by atoms with Crippen molar-refractivity contribution in [2.24, 2.45) is 0 Å². The topological polar surface area (TPSA) is 23.6 Å². The summed E-state index contributed by atoms with van der Waals surface area (Å²) in [7, 11) is 6.90. The standard InChI is InChI=1S/C5H12N2O.CH4/c1-6(2)5(8)7(3)4;/h1-4H3;1H4. The SMILES string of the molecule is C.CN(C)C(=O)N(C)C. The van der Waals surface area contributed by atoms with E-state index < -0.39 is 0 Å². The second-order valence-corrected chi connectivity index (χ2v) is 2.07. The van der Waals surface area contributed by atoms with E-state index in [1.54, 1.807) is 28.2 Å². The Labute approximate surface area is 57.3 Å². The molecule has 0 saturated carbocycles. The van der Waals surface area contributed by atoms with Gasteiger partial charge in [-0.25, -0.2) is 4.79 Å². The minimum Gasteiger partial charge on any atom is -0.331 e. The third kappa shape index (κ3) is 3.82. The second-order valence-electron chi connectivity index (χ2n) is 2.07. The van der Waals surface area contributed by atoms with Crippen molar-refractivity contribution >= 4 is 6.03 Å². The predicted molar refractivity (Wildman–Crippen MR) is 39.5 cm³/mol. The molecule has 0 saturated heterocycles. The molecule has 3 heteroatoms. The molecule has 9 heavy (non-hydrogen) atoms. The van der Waals surface area contributed by atoms with Crippen LogP contribution in [0.25, 0.3) is 0 Å². The molecule has 0 unspecified atom stereocenters. The number of carbonyl (C=O) groups excluding carboxylic acids is 1. The van der Waals surface area contributed by atoms with Crippen LogP contribution in [0.5, 0.6) is 0 Å². The summed E-state index contributed by atoms with van der Waals surface area (Å²) in [6.07, 6.45) is 0. The number of urea groups is 1. The average Bonchev–Trinajstić information content (AvgIpc) is 1.64. The molecule has 0 bridgehead atoms. The molecule has 0 radical (unpaired) electrons. The van der Waals surface area contributed by atoms with Gasteiger partial charge in [0.2, 0.25) is 0 Å². The molecular weight excluding hydrogens is 116 g/mol. The highest BCUT2D eigenvalue weighted by atomic mass is 16.2. The van der Waals surface area contributed by atoms with Gasteiger partial charge in [0.15, 0.2) is 0 Å². The number of nitrogens with zero attached hydrogens (tertiary/aromatic N) is 2. The summed E-state index contributed by atoms with van der Waals surface area (Å²) in [4.78, 5) is 13.8. The van der Waals surface area contributed by atoms with Crippen molar-refractivity contribution in [3.05, 3.63) is 0 Å². The lowest BCUT2D eigenvalue weighted by molar-refractivity contribution is 0.191. The van der Waals surface area contributed by atoms with Gasteiger partial charge in [0.05, 0.1) is 0 Å². The Kier molecular flexibility index (Phi) is 5.16. The Morgan fingerprint density at radius 3 is 1.22 bits per heavy atom. The minimum atomic E-state index is 0. The van der Waals surface area contributed by atoms with Crippen LogP contribution in [0.4, 0.5) is 4.79 Å². The molecule has 0 N–H and O–H groups in total. The normalized spacial score (nSPS) is 7.56. The van der Waals surface area contributed by atoms with E-state index in [0.29, 0.717) is 0 Å². The summed E-state index contributed by atoms with van der Waals surface area (Å²) in [5.74, 6) is 0. The molecule has 0 aromatic rings. The largest absolute Gasteiger partial charge is 0.331 e. The molecule has 2 amide bonds. The molecule has 0 atom stereocenters. The first-order valence-electron chi connectivity index (χ1n) is 2.44. The predicted octanol–water partition coefficient (Wildman–Crippen LogP) is 0.866. The quantitative estimate of drug-likeness (QED) is 0.479. The molecule has 3 nitrogen and oxygen atoms in total. The zero-order valence-corrected chi connectivity index (χ0v) is 5.80. The third-order valence-electron chi connectivity index (χ3n) is 0.765. The molecule has 0 rings (SSSR count). The fourth-order valence-corrected chi connectivity index (χ4v) is 0.400. The second kappa shape index (κ2) is 4.18. The fourth-order valence-electron chi connectivity index (χ4n) is 0.400. The molecule has 0 fully saturated rings. The monoisotopic (exact) mass is 132 g/mol. The molecule has 0 heterocycles. The van der Waals surface area contributed by atoms with Gasteiger partial charge in [-0.05, 0) is 0 Å². The molecule has 0 aromatic heterocycles. The van der Waals surface area contributed by atoms with E-state index in [0.717, 1.165) is 0 Å². The van der Waals surface area contributed by atoms with Gasteiger partial charge in [0.1, 0.15) is 0 Å². The van der Waals surface area contributed by atoms with Crippen LogP contribution in [0, 0.1) is 0 Å². The maximum absolute atomic E-state index is 10.7. The Morgan fingerprint density at radius 1 is 1.00 bits per heavy atom. The van der Waals surface area contributed by atoms with Crippen LogP contribution in [-0.2, 0) is 0 Å². The molecule has 0 spiro atoms. The first kappa shape index (κ1) is 11.1.